The van der Waals surface area contributed by atoms with Gasteiger partial charge in [0.25, 0.3) is 0 Å². The average molecular weight is 489 g/mol. The number of furan rings is 1. The highest BCUT2D eigenvalue weighted by molar-refractivity contribution is 7.11. The third-order valence-electron chi connectivity index (χ3n) is 5.94. The Bertz CT molecular complexity index is 1720. The lowest BCUT2D eigenvalue weighted by Crippen LogP contribution is -1.86. The maximum atomic E-state index is 10.1. The second kappa shape index (κ2) is 8.88. The zero-order chi connectivity index (χ0) is 23.8. The Hall–Kier alpha value is -4.17. The molecule has 166 valence electrons. The Labute approximate surface area is 211 Å². The van der Waals surface area contributed by atoms with Gasteiger partial charge in [-0.05, 0) is 75.6 Å². The van der Waals surface area contributed by atoms with Crippen molar-refractivity contribution in [3.8, 4) is 28.8 Å². The fourth-order valence-electron chi connectivity index (χ4n) is 4.25. The summed E-state index contributed by atoms with van der Waals surface area (Å²) in [6.45, 7) is 0. The van der Waals surface area contributed by atoms with Gasteiger partial charge in [0.1, 0.15) is 22.5 Å². The molecule has 35 heavy (non-hydrogen) atoms. The van der Waals surface area contributed by atoms with E-state index in [0.717, 1.165) is 38.4 Å². The van der Waals surface area contributed by atoms with Crippen molar-refractivity contribution in [2.45, 2.75) is 0 Å². The molecule has 6 aromatic rings. The summed E-state index contributed by atoms with van der Waals surface area (Å²) in [5.74, 6) is 1.40. The van der Waals surface area contributed by atoms with Crippen LogP contribution in [0.5, 0.6) is 0 Å². The Morgan fingerprint density at radius 1 is 0.857 bits per heavy atom. The zero-order valence-electron chi connectivity index (χ0n) is 18.4. The van der Waals surface area contributed by atoms with Crippen molar-refractivity contribution in [3.63, 3.8) is 0 Å². The van der Waals surface area contributed by atoms with Crippen molar-refractivity contribution in [3.05, 3.63) is 112 Å². The highest BCUT2D eigenvalue weighted by Crippen LogP contribution is 2.34. The number of aromatic nitrogens is 1. The summed E-state index contributed by atoms with van der Waals surface area (Å²) < 4.78 is 6.05. The summed E-state index contributed by atoms with van der Waals surface area (Å²) in [5.41, 5.74) is 3.19. The van der Waals surface area contributed by atoms with Gasteiger partial charge in [-0.15, -0.1) is 11.3 Å². The van der Waals surface area contributed by atoms with Gasteiger partial charge in [-0.3, -0.25) is 0 Å². The Kier molecular flexibility index (Phi) is 5.42. The third-order valence-corrected chi connectivity index (χ3v) is 7.07. The molecule has 0 radical (unpaired) electrons. The molecule has 2 heterocycles. The van der Waals surface area contributed by atoms with Crippen LogP contribution in [0.15, 0.2) is 101 Å². The highest BCUT2D eigenvalue weighted by atomic mass is 35.5. The van der Waals surface area contributed by atoms with Crippen molar-refractivity contribution in [2.75, 3.05) is 0 Å². The summed E-state index contributed by atoms with van der Waals surface area (Å²) in [7, 11) is 0. The van der Waals surface area contributed by atoms with Crippen LogP contribution in [-0.2, 0) is 0 Å². The minimum Gasteiger partial charge on any atom is -0.454 e. The molecule has 0 atom stereocenters. The van der Waals surface area contributed by atoms with Crippen LogP contribution in [0.4, 0.5) is 0 Å². The second-order valence-electron chi connectivity index (χ2n) is 8.11. The molecule has 4 aromatic carbocycles. The monoisotopic (exact) mass is 488 g/mol. The van der Waals surface area contributed by atoms with E-state index in [2.05, 4.69) is 36.4 Å². The first-order chi connectivity index (χ1) is 17.2. The summed E-state index contributed by atoms with van der Waals surface area (Å²) in [6.07, 6.45) is 1.95. The van der Waals surface area contributed by atoms with Crippen LogP contribution < -0.4 is 0 Å². The van der Waals surface area contributed by atoms with E-state index < -0.39 is 0 Å². The molecule has 0 aliphatic carbocycles. The fraction of sp³-hybridized carbons (Fsp3) is 0. The molecule has 6 rings (SSSR count). The first-order valence-electron chi connectivity index (χ1n) is 11.0. The number of benzene rings is 4. The van der Waals surface area contributed by atoms with Gasteiger partial charge in [0.2, 0.25) is 0 Å². The summed E-state index contributed by atoms with van der Waals surface area (Å²) in [4.78, 5) is 4.74. The Morgan fingerprint density at radius 2 is 1.51 bits per heavy atom. The average Bonchev–Trinajstić information content (AvgIpc) is 3.57. The largest absolute Gasteiger partial charge is 0.454 e. The van der Waals surface area contributed by atoms with Crippen molar-refractivity contribution in [2.24, 2.45) is 0 Å². The minimum absolute atomic E-state index is 0.521. The number of allylic oxidation sites excluding steroid dienone is 1. The van der Waals surface area contributed by atoms with Crippen molar-refractivity contribution >= 4 is 56.1 Å². The van der Waals surface area contributed by atoms with E-state index in [0.29, 0.717) is 27.1 Å². The first-order valence-corrected chi connectivity index (χ1v) is 12.3. The van der Waals surface area contributed by atoms with Gasteiger partial charge in [-0.1, -0.05) is 60.1 Å². The number of hydrogen-bond acceptors (Lipinski definition) is 4. The molecule has 3 nitrogen and oxygen atoms in total. The molecule has 0 bridgehead atoms. The van der Waals surface area contributed by atoms with Gasteiger partial charge in [-0.2, -0.15) is 5.26 Å². The fourth-order valence-corrected chi connectivity index (χ4v) is 5.15. The van der Waals surface area contributed by atoms with Crippen molar-refractivity contribution < 1.29 is 4.42 Å². The third kappa shape index (κ3) is 4.02. The summed E-state index contributed by atoms with van der Waals surface area (Å²) >= 11 is 7.43. The lowest BCUT2D eigenvalue weighted by Gasteiger charge is -2.08. The van der Waals surface area contributed by atoms with Crippen LogP contribution in [0.2, 0.25) is 5.02 Å². The van der Waals surface area contributed by atoms with Crippen LogP contribution in [0.3, 0.4) is 0 Å². The lowest BCUT2D eigenvalue weighted by atomic mass is 9.95. The number of halogens is 1. The van der Waals surface area contributed by atoms with Crippen LogP contribution in [0, 0.1) is 11.3 Å². The molecule has 0 aliphatic heterocycles. The molecule has 0 amide bonds. The van der Waals surface area contributed by atoms with Crippen LogP contribution in [0.1, 0.15) is 10.6 Å². The van der Waals surface area contributed by atoms with Crippen LogP contribution in [0.25, 0.3) is 56.0 Å². The number of nitriles is 1. The maximum absolute atomic E-state index is 10.1. The van der Waals surface area contributed by atoms with E-state index in [-0.39, 0.29) is 0 Å². The van der Waals surface area contributed by atoms with Gasteiger partial charge >= 0.3 is 0 Å². The SMILES string of the molecule is N#C/C(=C\c1c2ccccc2cc2ccccc12)c1nc(-c2ccc(-c3ccc(Cl)cc3)o2)cs1. The van der Waals surface area contributed by atoms with E-state index in [1.54, 1.807) is 0 Å². The van der Waals surface area contributed by atoms with E-state index in [4.69, 9.17) is 21.0 Å². The number of hydrogen-bond donors (Lipinski definition) is 0. The van der Waals surface area contributed by atoms with E-state index in [1.807, 2.05) is 72.1 Å². The van der Waals surface area contributed by atoms with Gasteiger partial charge in [0.15, 0.2) is 5.76 Å². The van der Waals surface area contributed by atoms with E-state index in [9.17, 15) is 5.26 Å². The number of nitrogens with zero attached hydrogens (tertiary/aromatic N) is 2. The number of rotatable bonds is 4. The standard InChI is InChI=1S/C30H17ClN2OS/c31-23-11-9-19(10-12-23)28-13-14-29(34-28)27-18-35-30(33-27)22(17-32)16-26-24-7-3-1-5-20(24)15-21-6-2-4-8-25(21)26/h1-16,18H/b22-16+. The molecule has 0 saturated carbocycles. The molecule has 0 aliphatic rings. The smallest absolute Gasteiger partial charge is 0.154 e. The van der Waals surface area contributed by atoms with Crippen LogP contribution >= 0.6 is 22.9 Å². The Balaban J connectivity index is 1.41. The predicted molar refractivity (Wildman–Crippen MR) is 145 cm³/mol. The summed E-state index contributed by atoms with van der Waals surface area (Å²) in [5, 5.41) is 17.8. The van der Waals surface area contributed by atoms with Gasteiger partial charge < -0.3 is 4.42 Å². The molecule has 2 aromatic heterocycles. The zero-order valence-corrected chi connectivity index (χ0v) is 20.0. The molecule has 0 saturated heterocycles. The first kappa shape index (κ1) is 21.4. The van der Waals surface area contributed by atoms with Gasteiger partial charge in [0, 0.05) is 16.0 Å². The summed E-state index contributed by atoms with van der Waals surface area (Å²) in [6, 6.07) is 32.4. The van der Waals surface area contributed by atoms with E-state index in [1.165, 1.54) is 11.3 Å². The quantitative estimate of drug-likeness (QED) is 0.183. The number of fused-ring (bicyclic) bond motifs is 2. The molecular weight excluding hydrogens is 472 g/mol. The van der Waals surface area contributed by atoms with Gasteiger partial charge in [0.05, 0.1) is 5.57 Å². The minimum atomic E-state index is 0.521. The Morgan fingerprint density at radius 3 is 2.20 bits per heavy atom. The molecule has 0 N–H and O–H groups in total. The normalized spacial score (nSPS) is 11.7. The second-order valence-corrected chi connectivity index (χ2v) is 9.41. The maximum Gasteiger partial charge on any atom is 0.154 e. The lowest BCUT2D eigenvalue weighted by molar-refractivity contribution is 0.595. The highest BCUT2D eigenvalue weighted by Gasteiger charge is 2.14. The molecule has 0 spiro atoms. The topological polar surface area (TPSA) is 49.8 Å². The molecule has 0 fully saturated rings. The van der Waals surface area contributed by atoms with Crippen molar-refractivity contribution in [1.29, 1.82) is 5.26 Å². The van der Waals surface area contributed by atoms with Crippen LogP contribution in [-0.4, -0.2) is 4.98 Å². The number of thiazole rings is 1. The molecule has 0 unspecified atom stereocenters. The van der Waals surface area contributed by atoms with Crippen molar-refractivity contribution in [1.82, 2.24) is 4.98 Å². The van der Waals surface area contributed by atoms with E-state index >= 15 is 0 Å². The molecule has 5 heteroatoms. The van der Waals surface area contributed by atoms with Gasteiger partial charge in [-0.25, -0.2) is 4.98 Å². The molecular formula is C30H17ClN2OS. The predicted octanol–water partition coefficient (Wildman–Crippen LogP) is 9.09.